The zero-order chi connectivity index (χ0) is 24.5. The molecule has 0 amide bonds. The highest BCUT2D eigenvalue weighted by Crippen LogP contribution is 2.32. The van der Waals surface area contributed by atoms with Crippen molar-refractivity contribution in [3.8, 4) is 23.0 Å². The van der Waals surface area contributed by atoms with Gasteiger partial charge in [0.25, 0.3) is 0 Å². The molecule has 34 heavy (non-hydrogen) atoms. The lowest BCUT2D eigenvalue weighted by atomic mass is 9.97. The van der Waals surface area contributed by atoms with Crippen LogP contribution in [0.5, 0.6) is 23.0 Å². The van der Waals surface area contributed by atoms with Crippen LogP contribution in [-0.2, 0) is 30.4 Å². The smallest absolute Gasteiger partial charge is 0.337 e. The van der Waals surface area contributed by atoms with Gasteiger partial charge in [-0.15, -0.1) is 0 Å². The maximum absolute atomic E-state index is 11.7. The second-order valence-electron chi connectivity index (χ2n) is 7.89. The number of ether oxygens (including phenoxy) is 5. The average molecular weight is 465 g/mol. The van der Waals surface area contributed by atoms with Crippen molar-refractivity contribution in [2.75, 3.05) is 35.5 Å². The zero-order valence-electron chi connectivity index (χ0n) is 20.5. The maximum atomic E-state index is 11.7. The normalized spacial score (nSPS) is 10.5. The fourth-order valence-corrected chi connectivity index (χ4v) is 3.92. The summed E-state index contributed by atoms with van der Waals surface area (Å²) in [5.74, 6) is 2.82. The fourth-order valence-electron chi connectivity index (χ4n) is 3.92. The third kappa shape index (κ3) is 6.22. The quantitative estimate of drug-likeness (QED) is 0.369. The van der Waals surface area contributed by atoms with Crippen LogP contribution < -0.4 is 18.9 Å². The first kappa shape index (κ1) is 25.0. The Morgan fingerprint density at radius 3 is 1.59 bits per heavy atom. The summed E-state index contributed by atoms with van der Waals surface area (Å²) in [6.45, 7) is 0. The van der Waals surface area contributed by atoms with Crippen LogP contribution in [0.4, 0.5) is 0 Å². The van der Waals surface area contributed by atoms with E-state index in [1.54, 1.807) is 40.6 Å². The molecule has 180 valence electrons. The van der Waals surface area contributed by atoms with E-state index in [9.17, 15) is 4.79 Å². The van der Waals surface area contributed by atoms with E-state index in [0.29, 0.717) is 5.56 Å². The largest absolute Gasteiger partial charge is 0.497 e. The number of hydrogen-bond donors (Lipinski definition) is 0. The first-order valence-corrected chi connectivity index (χ1v) is 11.1. The SMILES string of the molecule is COC(=O)c1ccc(CCc2cc(CCc3cc(OC)cc(OC)c3)c(OC)cc2OC)cc1. The fraction of sp³-hybridized carbons (Fsp3) is 0.321. The van der Waals surface area contributed by atoms with Crippen LogP contribution in [0.1, 0.15) is 32.6 Å². The van der Waals surface area contributed by atoms with Crippen LogP contribution >= 0.6 is 0 Å². The zero-order valence-corrected chi connectivity index (χ0v) is 20.5. The Balaban J connectivity index is 1.78. The molecule has 0 unspecified atom stereocenters. The highest BCUT2D eigenvalue weighted by molar-refractivity contribution is 5.89. The number of esters is 1. The number of aryl methyl sites for hydroxylation is 4. The summed E-state index contributed by atoms with van der Waals surface area (Å²) in [5.41, 5.74) is 5.03. The first-order valence-electron chi connectivity index (χ1n) is 11.1. The molecule has 3 aromatic carbocycles. The molecule has 3 aromatic rings. The molecule has 0 bridgehead atoms. The Kier molecular flexibility index (Phi) is 8.79. The Bertz CT molecular complexity index is 1080. The van der Waals surface area contributed by atoms with Gasteiger partial charge in [0.2, 0.25) is 0 Å². The third-order valence-corrected chi connectivity index (χ3v) is 5.84. The lowest BCUT2D eigenvalue weighted by Gasteiger charge is -2.16. The summed E-state index contributed by atoms with van der Waals surface area (Å²) in [4.78, 5) is 11.7. The summed E-state index contributed by atoms with van der Waals surface area (Å²) in [6.07, 6.45) is 3.22. The molecule has 0 spiro atoms. The summed E-state index contributed by atoms with van der Waals surface area (Å²) in [7, 11) is 8.04. The Hall–Kier alpha value is -3.67. The van der Waals surface area contributed by atoms with Crippen LogP contribution in [0.25, 0.3) is 0 Å². The molecule has 0 fully saturated rings. The predicted octanol–water partition coefficient (Wildman–Crippen LogP) is 5.08. The van der Waals surface area contributed by atoms with Gasteiger partial charge in [0.15, 0.2) is 0 Å². The molecule has 6 heteroatoms. The summed E-state index contributed by atoms with van der Waals surface area (Å²) < 4.78 is 26.9. The molecule has 6 nitrogen and oxygen atoms in total. The summed E-state index contributed by atoms with van der Waals surface area (Å²) >= 11 is 0. The van der Waals surface area contributed by atoms with Crippen LogP contribution in [0, 0.1) is 0 Å². The van der Waals surface area contributed by atoms with Crippen molar-refractivity contribution < 1.29 is 28.5 Å². The number of methoxy groups -OCH3 is 5. The van der Waals surface area contributed by atoms with Crippen molar-refractivity contribution >= 4 is 5.97 Å². The van der Waals surface area contributed by atoms with E-state index in [4.69, 9.17) is 23.7 Å². The number of benzene rings is 3. The minimum atomic E-state index is -0.332. The maximum Gasteiger partial charge on any atom is 0.337 e. The second kappa shape index (κ2) is 12.0. The van der Waals surface area contributed by atoms with Crippen molar-refractivity contribution in [3.63, 3.8) is 0 Å². The second-order valence-corrected chi connectivity index (χ2v) is 7.89. The van der Waals surface area contributed by atoms with Crippen LogP contribution in [0.2, 0.25) is 0 Å². The Morgan fingerprint density at radius 2 is 1.12 bits per heavy atom. The predicted molar refractivity (Wildman–Crippen MR) is 132 cm³/mol. The van der Waals surface area contributed by atoms with Crippen molar-refractivity contribution in [3.05, 3.63) is 82.4 Å². The molecule has 0 aliphatic carbocycles. The Morgan fingerprint density at radius 1 is 0.588 bits per heavy atom. The van der Waals surface area contributed by atoms with Gasteiger partial charge in [-0.3, -0.25) is 0 Å². The molecule has 0 saturated heterocycles. The molecule has 0 radical (unpaired) electrons. The lowest BCUT2D eigenvalue weighted by Crippen LogP contribution is -2.03. The molecular formula is C28H32O6. The molecular weight excluding hydrogens is 432 g/mol. The number of hydrogen-bond acceptors (Lipinski definition) is 6. The van der Waals surface area contributed by atoms with E-state index in [1.165, 1.54) is 7.11 Å². The van der Waals surface area contributed by atoms with Crippen molar-refractivity contribution in [1.29, 1.82) is 0 Å². The van der Waals surface area contributed by atoms with Crippen molar-refractivity contribution in [1.82, 2.24) is 0 Å². The topological polar surface area (TPSA) is 63.2 Å². The average Bonchev–Trinajstić information content (AvgIpc) is 2.89. The summed E-state index contributed by atoms with van der Waals surface area (Å²) in [5, 5.41) is 0. The number of carbonyl (C=O) groups is 1. The standard InChI is InChI=1S/C28H32O6/c1-30-24-14-20(15-25(17-24)31-2)9-13-23-16-22(26(32-3)18-27(23)33-4)12-8-19-6-10-21(11-7-19)28(29)34-5/h6-7,10-11,14-18H,8-9,12-13H2,1-5H3. The van der Waals surface area contributed by atoms with E-state index in [0.717, 1.165) is 70.9 Å². The van der Waals surface area contributed by atoms with Gasteiger partial charge < -0.3 is 23.7 Å². The Labute approximate surface area is 201 Å². The molecule has 3 rings (SSSR count). The van der Waals surface area contributed by atoms with E-state index in [1.807, 2.05) is 36.4 Å². The van der Waals surface area contributed by atoms with Crippen LogP contribution in [-0.4, -0.2) is 41.5 Å². The first-order chi connectivity index (χ1) is 16.5. The van der Waals surface area contributed by atoms with Gasteiger partial charge >= 0.3 is 5.97 Å². The lowest BCUT2D eigenvalue weighted by molar-refractivity contribution is 0.0600. The van der Waals surface area contributed by atoms with Gasteiger partial charge in [0.1, 0.15) is 23.0 Å². The monoisotopic (exact) mass is 464 g/mol. The van der Waals surface area contributed by atoms with Crippen LogP contribution in [0.3, 0.4) is 0 Å². The molecule has 0 N–H and O–H groups in total. The van der Waals surface area contributed by atoms with Crippen molar-refractivity contribution in [2.24, 2.45) is 0 Å². The number of carbonyl (C=O) groups excluding carboxylic acids is 1. The van der Waals surface area contributed by atoms with Gasteiger partial charge in [-0.05, 0) is 78.3 Å². The van der Waals surface area contributed by atoms with Gasteiger partial charge in [-0.25, -0.2) is 4.79 Å². The number of rotatable bonds is 11. The molecule has 0 saturated carbocycles. The van der Waals surface area contributed by atoms with Gasteiger partial charge in [-0.2, -0.15) is 0 Å². The molecule has 0 atom stereocenters. The van der Waals surface area contributed by atoms with Gasteiger partial charge in [0.05, 0.1) is 41.1 Å². The third-order valence-electron chi connectivity index (χ3n) is 5.84. The van der Waals surface area contributed by atoms with Crippen LogP contribution in [0.15, 0.2) is 54.6 Å². The van der Waals surface area contributed by atoms with E-state index in [-0.39, 0.29) is 5.97 Å². The highest BCUT2D eigenvalue weighted by atomic mass is 16.5. The van der Waals surface area contributed by atoms with E-state index in [2.05, 4.69) is 6.07 Å². The highest BCUT2D eigenvalue weighted by Gasteiger charge is 2.13. The van der Waals surface area contributed by atoms with E-state index >= 15 is 0 Å². The molecule has 0 heterocycles. The molecule has 0 aromatic heterocycles. The minimum Gasteiger partial charge on any atom is -0.497 e. The molecule has 0 aliphatic heterocycles. The molecule has 0 aliphatic rings. The summed E-state index contributed by atoms with van der Waals surface area (Å²) in [6, 6.07) is 17.5. The van der Waals surface area contributed by atoms with Crippen molar-refractivity contribution in [2.45, 2.75) is 25.7 Å². The van der Waals surface area contributed by atoms with E-state index < -0.39 is 0 Å². The van der Waals surface area contributed by atoms with Gasteiger partial charge in [-0.1, -0.05) is 12.1 Å². The minimum absolute atomic E-state index is 0.332. The van der Waals surface area contributed by atoms with Gasteiger partial charge in [0, 0.05) is 12.1 Å².